The molecule has 0 aliphatic heterocycles. The van der Waals surface area contributed by atoms with Crippen molar-refractivity contribution in [3.05, 3.63) is 35.8 Å². The maximum atomic E-state index is 12.5. The van der Waals surface area contributed by atoms with Gasteiger partial charge in [-0.25, -0.2) is 18.4 Å². The number of sulfonamides is 1. The number of anilines is 1. The SMILES string of the molecule is CNCc1c(C)oc(C)c1S(=O)(=O)Nc1cncnc1. The maximum Gasteiger partial charge on any atom is 0.265 e. The summed E-state index contributed by atoms with van der Waals surface area (Å²) < 4.78 is 32.8. The van der Waals surface area contributed by atoms with Gasteiger partial charge in [0.25, 0.3) is 10.0 Å². The van der Waals surface area contributed by atoms with Gasteiger partial charge < -0.3 is 9.73 Å². The van der Waals surface area contributed by atoms with Crippen molar-refractivity contribution in [1.29, 1.82) is 0 Å². The van der Waals surface area contributed by atoms with Crippen LogP contribution in [0.5, 0.6) is 0 Å². The second kappa shape index (κ2) is 5.59. The largest absolute Gasteiger partial charge is 0.465 e. The van der Waals surface area contributed by atoms with Gasteiger partial charge >= 0.3 is 0 Å². The average molecular weight is 296 g/mol. The molecule has 8 heteroatoms. The Morgan fingerprint density at radius 1 is 1.20 bits per heavy atom. The molecule has 0 unspecified atom stereocenters. The first-order chi connectivity index (χ1) is 9.45. The molecule has 0 aromatic carbocycles. The van der Waals surface area contributed by atoms with Crippen LogP contribution in [-0.2, 0) is 16.6 Å². The number of hydrogen-bond acceptors (Lipinski definition) is 6. The van der Waals surface area contributed by atoms with E-state index in [9.17, 15) is 8.42 Å². The van der Waals surface area contributed by atoms with E-state index in [4.69, 9.17) is 4.42 Å². The van der Waals surface area contributed by atoms with Crippen LogP contribution >= 0.6 is 0 Å². The highest BCUT2D eigenvalue weighted by Gasteiger charge is 2.26. The van der Waals surface area contributed by atoms with Crippen LogP contribution in [0, 0.1) is 13.8 Å². The molecule has 2 rings (SSSR count). The number of nitrogens with zero attached hydrogens (tertiary/aromatic N) is 2. The quantitative estimate of drug-likeness (QED) is 0.860. The average Bonchev–Trinajstić information content (AvgIpc) is 2.66. The third-order valence-electron chi connectivity index (χ3n) is 2.76. The summed E-state index contributed by atoms with van der Waals surface area (Å²) in [6.45, 7) is 3.78. The van der Waals surface area contributed by atoms with E-state index < -0.39 is 10.0 Å². The van der Waals surface area contributed by atoms with Gasteiger partial charge in [-0.05, 0) is 20.9 Å². The van der Waals surface area contributed by atoms with E-state index in [1.54, 1.807) is 20.9 Å². The summed E-state index contributed by atoms with van der Waals surface area (Å²) in [5.41, 5.74) is 0.926. The van der Waals surface area contributed by atoms with Crippen molar-refractivity contribution in [3.8, 4) is 0 Å². The number of aryl methyl sites for hydroxylation is 2. The van der Waals surface area contributed by atoms with Crippen molar-refractivity contribution in [2.24, 2.45) is 0 Å². The molecule has 0 aliphatic rings. The summed E-state index contributed by atoms with van der Waals surface area (Å²) in [6.07, 6.45) is 4.12. The van der Waals surface area contributed by atoms with Crippen LogP contribution in [0.2, 0.25) is 0 Å². The van der Waals surface area contributed by atoms with Crippen molar-refractivity contribution in [2.75, 3.05) is 11.8 Å². The summed E-state index contributed by atoms with van der Waals surface area (Å²) >= 11 is 0. The molecule has 0 fully saturated rings. The molecule has 2 heterocycles. The third kappa shape index (κ3) is 2.81. The molecule has 2 aromatic rings. The van der Waals surface area contributed by atoms with Gasteiger partial charge in [0.05, 0.1) is 18.1 Å². The molecule has 7 nitrogen and oxygen atoms in total. The molecule has 0 bridgehead atoms. The lowest BCUT2D eigenvalue weighted by molar-refractivity contribution is 0.494. The highest BCUT2D eigenvalue weighted by atomic mass is 32.2. The Hall–Kier alpha value is -1.93. The Bertz CT molecular complexity index is 695. The zero-order valence-electron chi connectivity index (χ0n) is 11.5. The van der Waals surface area contributed by atoms with Crippen molar-refractivity contribution < 1.29 is 12.8 Å². The minimum Gasteiger partial charge on any atom is -0.465 e. The molecule has 0 saturated carbocycles. The van der Waals surface area contributed by atoms with Crippen LogP contribution in [0.3, 0.4) is 0 Å². The summed E-state index contributed by atoms with van der Waals surface area (Å²) in [7, 11) is -1.99. The fourth-order valence-electron chi connectivity index (χ4n) is 2.00. The zero-order chi connectivity index (χ0) is 14.8. The number of hydrogen-bond donors (Lipinski definition) is 2. The fourth-order valence-corrected chi connectivity index (χ4v) is 3.48. The topological polar surface area (TPSA) is 97.1 Å². The summed E-state index contributed by atoms with van der Waals surface area (Å²) in [5.74, 6) is 0.943. The first-order valence-electron chi connectivity index (χ1n) is 5.97. The van der Waals surface area contributed by atoms with E-state index >= 15 is 0 Å². The normalized spacial score (nSPS) is 11.6. The third-order valence-corrected chi connectivity index (χ3v) is 4.34. The van der Waals surface area contributed by atoms with Gasteiger partial charge in [-0.2, -0.15) is 0 Å². The van der Waals surface area contributed by atoms with E-state index in [-0.39, 0.29) is 4.90 Å². The van der Waals surface area contributed by atoms with Gasteiger partial charge in [0, 0.05) is 12.1 Å². The van der Waals surface area contributed by atoms with Gasteiger partial charge in [0.15, 0.2) is 0 Å². The van der Waals surface area contributed by atoms with E-state index in [0.717, 1.165) is 0 Å². The van der Waals surface area contributed by atoms with Crippen LogP contribution < -0.4 is 10.0 Å². The lowest BCUT2D eigenvalue weighted by atomic mass is 10.2. The summed E-state index contributed by atoms with van der Waals surface area (Å²) in [4.78, 5) is 7.71. The Balaban J connectivity index is 2.44. The molecule has 2 aromatic heterocycles. The van der Waals surface area contributed by atoms with Gasteiger partial charge in [0.1, 0.15) is 22.7 Å². The summed E-state index contributed by atoms with van der Waals surface area (Å²) in [5, 5.41) is 2.94. The highest BCUT2D eigenvalue weighted by Crippen LogP contribution is 2.27. The van der Waals surface area contributed by atoms with E-state index in [0.29, 0.717) is 29.3 Å². The van der Waals surface area contributed by atoms with E-state index in [1.165, 1.54) is 18.7 Å². The molecule has 0 atom stereocenters. The Morgan fingerprint density at radius 3 is 2.45 bits per heavy atom. The van der Waals surface area contributed by atoms with Crippen molar-refractivity contribution in [3.63, 3.8) is 0 Å². The minimum atomic E-state index is -3.74. The van der Waals surface area contributed by atoms with Gasteiger partial charge in [-0.3, -0.25) is 4.72 Å². The van der Waals surface area contributed by atoms with E-state index in [2.05, 4.69) is 20.0 Å². The fraction of sp³-hybridized carbons (Fsp3) is 0.333. The van der Waals surface area contributed by atoms with Crippen LogP contribution in [0.1, 0.15) is 17.1 Å². The standard InChI is InChI=1S/C12H16N4O3S/c1-8-11(6-13-3)12(9(2)19-8)20(17,18)16-10-4-14-7-15-5-10/h4-5,7,13,16H,6H2,1-3H3. The molecule has 0 spiro atoms. The minimum absolute atomic E-state index is 0.160. The lowest BCUT2D eigenvalue weighted by Crippen LogP contribution is -2.17. The lowest BCUT2D eigenvalue weighted by Gasteiger charge is -2.08. The molecule has 20 heavy (non-hydrogen) atoms. The first-order valence-corrected chi connectivity index (χ1v) is 7.45. The Labute approximate surface area is 117 Å². The maximum absolute atomic E-state index is 12.5. The first kappa shape index (κ1) is 14.5. The monoisotopic (exact) mass is 296 g/mol. The second-order valence-corrected chi connectivity index (χ2v) is 5.90. The van der Waals surface area contributed by atoms with E-state index in [1.807, 2.05) is 0 Å². The molecular weight excluding hydrogens is 280 g/mol. The van der Waals surface area contributed by atoms with Crippen LogP contribution in [-0.4, -0.2) is 25.4 Å². The molecule has 0 saturated heterocycles. The zero-order valence-corrected chi connectivity index (χ0v) is 12.3. The molecule has 2 N–H and O–H groups in total. The van der Waals surface area contributed by atoms with Crippen LogP contribution in [0.4, 0.5) is 5.69 Å². The second-order valence-electron chi connectivity index (χ2n) is 4.29. The molecular formula is C12H16N4O3S. The van der Waals surface area contributed by atoms with Crippen LogP contribution in [0.25, 0.3) is 0 Å². The number of furan rings is 1. The van der Waals surface area contributed by atoms with Crippen molar-refractivity contribution >= 4 is 15.7 Å². The van der Waals surface area contributed by atoms with Crippen LogP contribution in [0.15, 0.2) is 28.0 Å². The summed E-state index contributed by atoms with van der Waals surface area (Å²) in [6, 6.07) is 0. The number of nitrogens with one attached hydrogen (secondary N) is 2. The smallest absolute Gasteiger partial charge is 0.265 e. The van der Waals surface area contributed by atoms with Gasteiger partial charge in [0.2, 0.25) is 0 Å². The molecule has 0 aliphatic carbocycles. The molecule has 0 amide bonds. The van der Waals surface area contributed by atoms with Crippen molar-refractivity contribution in [2.45, 2.75) is 25.3 Å². The predicted octanol–water partition coefficient (Wildman–Crippen LogP) is 1.21. The number of rotatable bonds is 5. The van der Waals surface area contributed by atoms with Gasteiger partial charge in [-0.1, -0.05) is 0 Å². The predicted molar refractivity (Wildman–Crippen MR) is 73.8 cm³/mol. The highest BCUT2D eigenvalue weighted by molar-refractivity contribution is 7.92. The number of aromatic nitrogens is 2. The Kier molecular flexibility index (Phi) is 4.05. The molecule has 0 radical (unpaired) electrons. The Morgan fingerprint density at radius 2 is 1.85 bits per heavy atom. The molecule has 108 valence electrons. The van der Waals surface area contributed by atoms with Crippen molar-refractivity contribution in [1.82, 2.24) is 15.3 Å². The van der Waals surface area contributed by atoms with Gasteiger partial charge in [-0.15, -0.1) is 0 Å².